The molecule has 1 aromatic rings. The number of aliphatic hydroxyl groups excluding tert-OH is 1. The zero-order valence-electron chi connectivity index (χ0n) is 23.3. The standard InChI is InChI=1S/C25H29FN2O4.C3H4O3.C2H6/c1-3-19(11-8-13-26)15-21-12-14-28-24(29)23(25(30)31-4-2)22(17-27-16-21)32-18-20-9-6-5-7-10-20;1-2(4)3(5)6;1-2/h3,5-10,12-13,16,19H,1,4,11,14-15,17-18H2,2H3,(H,28,29);4H,1H2,(H,5,6);1-2H3/b13-8+,21-12-,23-22-,27-16?;;. The number of allylic oxidation sites excluding steroid dienone is 3. The number of esters is 1. The van der Waals surface area contributed by atoms with E-state index in [2.05, 4.69) is 23.5 Å². The van der Waals surface area contributed by atoms with Gasteiger partial charge in [-0.2, -0.15) is 0 Å². The third kappa shape index (κ3) is 14.5. The van der Waals surface area contributed by atoms with Gasteiger partial charge in [0.25, 0.3) is 5.91 Å². The van der Waals surface area contributed by atoms with Crippen LogP contribution in [0.25, 0.3) is 0 Å². The maximum Gasteiger partial charge on any atom is 0.370 e. The highest BCUT2D eigenvalue weighted by Gasteiger charge is 2.26. The van der Waals surface area contributed by atoms with E-state index < -0.39 is 23.6 Å². The number of hydrogen-bond acceptors (Lipinski definition) is 7. The Bertz CT molecular complexity index is 1080. The Labute approximate surface area is 235 Å². The number of nitrogens with zero attached hydrogens (tertiary/aromatic N) is 1. The molecule has 1 atom stereocenters. The van der Waals surface area contributed by atoms with Crippen LogP contribution in [0.2, 0.25) is 0 Å². The molecule has 9 nitrogen and oxygen atoms in total. The van der Waals surface area contributed by atoms with E-state index in [1.165, 1.54) is 6.08 Å². The molecule has 0 saturated carbocycles. The van der Waals surface area contributed by atoms with Crippen LogP contribution in [0.5, 0.6) is 0 Å². The lowest BCUT2D eigenvalue weighted by Gasteiger charge is -2.16. The van der Waals surface area contributed by atoms with Gasteiger partial charge in [-0.05, 0) is 43.4 Å². The summed E-state index contributed by atoms with van der Waals surface area (Å²) in [4.78, 5) is 39.1. The first-order chi connectivity index (χ1) is 19.2. The number of rotatable bonds is 11. The van der Waals surface area contributed by atoms with Gasteiger partial charge >= 0.3 is 11.9 Å². The molecular formula is C30H39FN2O7. The van der Waals surface area contributed by atoms with E-state index in [-0.39, 0.29) is 43.6 Å². The molecule has 1 aliphatic rings. The molecule has 2 rings (SSSR count). The fraction of sp³-hybridized carbons (Fsp3) is 0.333. The van der Waals surface area contributed by atoms with E-state index >= 15 is 0 Å². The predicted octanol–water partition coefficient (Wildman–Crippen LogP) is 5.38. The van der Waals surface area contributed by atoms with Crippen LogP contribution in [0.4, 0.5) is 4.39 Å². The van der Waals surface area contributed by atoms with Gasteiger partial charge in [0.15, 0.2) is 11.3 Å². The number of carboxylic acids is 1. The molecule has 40 heavy (non-hydrogen) atoms. The summed E-state index contributed by atoms with van der Waals surface area (Å²) in [5.74, 6) is -3.37. The molecule has 0 bridgehead atoms. The number of aliphatic hydroxyl groups is 1. The van der Waals surface area contributed by atoms with Gasteiger partial charge in [0.2, 0.25) is 0 Å². The minimum absolute atomic E-state index is 0.00508. The number of benzene rings is 1. The number of aliphatic imine (C=N–C) groups is 1. The third-order valence-electron chi connectivity index (χ3n) is 4.97. The highest BCUT2D eigenvalue weighted by Crippen LogP contribution is 2.18. The normalized spacial score (nSPS) is 16.9. The number of carbonyl (C=O) groups is 3. The maximum atomic E-state index is 12.8. The molecule has 0 radical (unpaired) electrons. The van der Waals surface area contributed by atoms with Crippen molar-refractivity contribution in [2.24, 2.45) is 10.9 Å². The van der Waals surface area contributed by atoms with Crippen LogP contribution >= 0.6 is 0 Å². The third-order valence-corrected chi connectivity index (χ3v) is 4.97. The van der Waals surface area contributed by atoms with Crippen molar-refractivity contribution in [2.45, 2.75) is 40.2 Å². The van der Waals surface area contributed by atoms with Gasteiger partial charge in [-0.3, -0.25) is 9.79 Å². The molecule has 1 unspecified atom stereocenters. The van der Waals surface area contributed by atoms with E-state index in [1.807, 2.05) is 50.3 Å². The fourth-order valence-electron chi connectivity index (χ4n) is 3.07. The number of aliphatic carboxylic acids is 1. The summed E-state index contributed by atoms with van der Waals surface area (Å²) in [7, 11) is 0. The van der Waals surface area contributed by atoms with Gasteiger partial charge in [0.1, 0.15) is 12.4 Å². The number of carboxylic acid groups (broad SMARTS) is 1. The highest BCUT2D eigenvalue weighted by atomic mass is 19.1. The van der Waals surface area contributed by atoms with Gasteiger partial charge in [0.05, 0.1) is 19.5 Å². The number of carbonyl (C=O) groups excluding carboxylic acids is 2. The highest BCUT2D eigenvalue weighted by molar-refractivity contribution is 6.17. The first-order valence-electron chi connectivity index (χ1n) is 12.8. The minimum Gasteiger partial charge on any atom is -0.502 e. The summed E-state index contributed by atoms with van der Waals surface area (Å²) in [5.41, 5.74) is 1.57. The van der Waals surface area contributed by atoms with Gasteiger partial charge < -0.3 is 25.0 Å². The lowest BCUT2D eigenvalue weighted by Crippen LogP contribution is -2.32. The largest absolute Gasteiger partial charge is 0.502 e. The van der Waals surface area contributed by atoms with Gasteiger partial charge in [0, 0.05) is 12.8 Å². The quantitative estimate of drug-likeness (QED) is 0.109. The van der Waals surface area contributed by atoms with Crippen LogP contribution in [-0.2, 0) is 30.5 Å². The second kappa shape index (κ2) is 21.5. The van der Waals surface area contributed by atoms with Gasteiger partial charge in [-0.1, -0.05) is 62.4 Å². The summed E-state index contributed by atoms with van der Waals surface area (Å²) in [6.45, 7) is 12.7. The smallest absolute Gasteiger partial charge is 0.370 e. The Morgan fingerprint density at radius 1 is 1.23 bits per heavy atom. The molecule has 10 heteroatoms. The Morgan fingerprint density at radius 3 is 2.42 bits per heavy atom. The molecule has 1 amide bonds. The molecule has 1 aromatic carbocycles. The molecule has 0 aliphatic carbocycles. The molecule has 1 heterocycles. The summed E-state index contributed by atoms with van der Waals surface area (Å²) in [6, 6.07) is 9.42. The van der Waals surface area contributed by atoms with Crippen molar-refractivity contribution >= 4 is 24.1 Å². The van der Waals surface area contributed by atoms with E-state index in [4.69, 9.17) is 19.7 Å². The van der Waals surface area contributed by atoms with Crippen LogP contribution in [0.1, 0.15) is 39.2 Å². The Morgan fingerprint density at radius 2 is 1.88 bits per heavy atom. The van der Waals surface area contributed by atoms with Crippen LogP contribution < -0.4 is 5.32 Å². The number of ether oxygens (including phenoxy) is 2. The van der Waals surface area contributed by atoms with E-state index in [0.717, 1.165) is 11.1 Å². The van der Waals surface area contributed by atoms with Crippen molar-refractivity contribution < 1.29 is 38.5 Å². The monoisotopic (exact) mass is 558 g/mol. The summed E-state index contributed by atoms with van der Waals surface area (Å²) in [5, 5.41) is 18.2. The van der Waals surface area contributed by atoms with Crippen LogP contribution in [0.3, 0.4) is 0 Å². The summed E-state index contributed by atoms with van der Waals surface area (Å²) in [6.07, 6.45) is 8.31. The number of halogens is 1. The predicted molar refractivity (Wildman–Crippen MR) is 153 cm³/mol. The lowest BCUT2D eigenvalue weighted by molar-refractivity contribution is -0.140. The van der Waals surface area contributed by atoms with E-state index in [9.17, 15) is 18.8 Å². The molecular weight excluding hydrogens is 519 g/mol. The van der Waals surface area contributed by atoms with Crippen molar-refractivity contribution in [3.05, 3.63) is 96.3 Å². The molecule has 0 fully saturated rings. The van der Waals surface area contributed by atoms with Crippen molar-refractivity contribution in [3.63, 3.8) is 0 Å². The Kier molecular flexibility index (Phi) is 19.1. The van der Waals surface area contributed by atoms with Gasteiger partial charge in [-0.15, -0.1) is 6.58 Å². The van der Waals surface area contributed by atoms with Crippen molar-refractivity contribution in [1.82, 2.24) is 5.32 Å². The second-order valence-electron chi connectivity index (χ2n) is 7.80. The number of hydrogen-bond donors (Lipinski definition) is 3. The Balaban J connectivity index is 0.00000168. The Hall–Kier alpha value is -4.47. The van der Waals surface area contributed by atoms with E-state index in [0.29, 0.717) is 19.2 Å². The van der Waals surface area contributed by atoms with E-state index in [1.54, 1.807) is 19.2 Å². The van der Waals surface area contributed by atoms with Crippen molar-refractivity contribution in [3.8, 4) is 0 Å². The van der Waals surface area contributed by atoms with Crippen LogP contribution in [0.15, 0.2) is 95.7 Å². The fourth-order valence-corrected chi connectivity index (χ4v) is 3.07. The number of amides is 1. The molecule has 0 aromatic heterocycles. The molecule has 218 valence electrons. The average Bonchev–Trinajstić information content (AvgIpc) is 2.95. The van der Waals surface area contributed by atoms with Crippen LogP contribution in [0, 0.1) is 5.92 Å². The molecule has 1 aliphatic heterocycles. The maximum absolute atomic E-state index is 12.8. The van der Waals surface area contributed by atoms with Crippen molar-refractivity contribution in [1.29, 1.82) is 0 Å². The zero-order chi connectivity index (χ0) is 30.3. The molecule has 0 spiro atoms. The first kappa shape index (κ1) is 35.5. The topological polar surface area (TPSA) is 135 Å². The second-order valence-corrected chi connectivity index (χ2v) is 7.80. The molecule has 3 N–H and O–H groups in total. The summed E-state index contributed by atoms with van der Waals surface area (Å²) >= 11 is 0. The van der Waals surface area contributed by atoms with Crippen LogP contribution in [-0.4, -0.2) is 54.0 Å². The summed E-state index contributed by atoms with van der Waals surface area (Å²) < 4.78 is 23.3. The first-order valence-corrected chi connectivity index (χ1v) is 12.8. The number of nitrogens with one attached hydrogen (secondary N) is 1. The minimum atomic E-state index is -1.38. The zero-order valence-corrected chi connectivity index (χ0v) is 23.3. The van der Waals surface area contributed by atoms with Gasteiger partial charge in [-0.25, -0.2) is 14.0 Å². The molecule has 0 saturated heterocycles. The lowest BCUT2D eigenvalue weighted by atomic mass is 9.96. The average molecular weight is 559 g/mol. The van der Waals surface area contributed by atoms with Crippen molar-refractivity contribution in [2.75, 3.05) is 19.7 Å². The SMILES string of the molecule is C=C(O)C(=O)O.C=CC(C/C=C/F)C/C1=C/CNC(=O)/C(C(=O)OCC)=C(/OCc2ccccc2)CN=C1.CC.